The van der Waals surface area contributed by atoms with Gasteiger partial charge in [0.25, 0.3) is 0 Å². The Morgan fingerprint density at radius 1 is 1.21 bits per heavy atom. The zero-order valence-electron chi connectivity index (χ0n) is 18.2. The molecule has 2 aliphatic heterocycles. The fourth-order valence-electron chi connectivity index (χ4n) is 4.73. The molecule has 1 amide bonds. The van der Waals surface area contributed by atoms with Crippen molar-refractivity contribution >= 4 is 51.5 Å². The zero-order valence-corrected chi connectivity index (χ0v) is 19.7. The number of rotatable bonds is 6. The first-order valence-corrected chi connectivity index (χ1v) is 11.5. The minimum atomic E-state index is -0.675. The number of methoxy groups -OCH3 is 1. The number of nitrogens with zero attached hydrogens (tertiary/aromatic N) is 3. The Morgan fingerprint density at radius 2 is 1.97 bits per heavy atom. The number of hydrogen-bond acceptors (Lipinski definition) is 6. The summed E-state index contributed by atoms with van der Waals surface area (Å²) in [5, 5.41) is 3.54. The van der Waals surface area contributed by atoms with E-state index in [9.17, 15) is 9.18 Å². The molecule has 3 aromatic rings. The molecule has 3 aliphatic rings. The van der Waals surface area contributed by atoms with Crippen molar-refractivity contribution in [3.63, 3.8) is 0 Å². The van der Waals surface area contributed by atoms with Crippen LogP contribution in [-0.2, 0) is 4.79 Å². The first-order valence-electron chi connectivity index (χ1n) is 10.7. The molecule has 10 heteroatoms. The van der Waals surface area contributed by atoms with Crippen LogP contribution >= 0.6 is 23.2 Å². The van der Waals surface area contributed by atoms with Gasteiger partial charge >= 0.3 is 0 Å². The van der Waals surface area contributed by atoms with E-state index in [1.165, 1.54) is 24.5 Å². The molecule has 34 heavy (non-hydrogen) atoms. The molecule has 3 heterocycles. The summed E-state index contributed by atoms with van der Waals surface area (Å²) in [6.07, 6.45) is 5.09. The van der Waals surface area contributed by atoms with Crippen LogP contribution < -0.4 is 14.8 Å². The lowest BCUT2D eigenvalue weighted by atomic mass is 9.78. The van der Waals surface area contributed by atoms with Gasteiger partial charge in [-0.05, 0) is 30.7 Å². The van der Waals surface area contributed by atoms with Crippen molar-refractivity contribution in [1.82, 2.24) is 14.9 Å². The quantitative estimate of drug-likeness (QED) is 0.353. The number of fused-ring (bicyclic) bond motifs is 3. The molecule has 1 saturated carbocycles. The van der Waals surface area contributed by atoms with Gasteiger partial charge in [0, 0.05) is 36.4 Å². The van der Waals surface area contributed by atoms with Crippen molar-refractivity contribution < 1.29 is 18.7 Å². The Bertz CT molecular complexity index is 1290. The summed E-state index contributed by atoms with van der Waals surface area (Å²) < 4.78 is 26.5. The summed E-state index contributed by atoms with van der Waals surface area (Å²) in [5.41, 5.74) is 0.725. The number of carbonyl (C=O) groups excluding carboxylic acids is 1. The number of halogens is 3. The molecule has 176 valence electrons. The number of benzene rings is 2. The van der Waals surface area contributed by atoms with Crippen LogP contribution in [0.1, 0.15) is 19.3 Å². The molecule has 3 fully saturated rings. The van der Waals surface area contributed by atoms with Gasteiger partial charge in [-0.3, -0.25) is 4.79 Å². The number of anilines is 2. The topological polar surface area (TPSA) is 76.6 Å². The molecule has 7 nitrogen and oxygen atoms in total. The Balaban J connectivity index is 1.44. The van der Waals surface area contributed by atoms with Crippen LogP contribution in [0, 0.1) is 5.82 Å². The van der Waals surface area contributed by atoms with Crippen LogP contribution in [0.15, 0.2) is 43.2 Å². The summed E-state index contributed by atoms with van der Waals surface area (Å²) in [5.74, 6) is 0.715. The highest BCUT2D eigenvalue weighted by atomic mass is 35.5. The Morgan fingerprint density at radius 3 is 2.68 bits per heavy atom. The lowest BCUT2D eigenvalue weighted by molar-refractivity contribution is -0.148. The second-order valence-electron chi connectivity index (χ2n) is 8.29. The maximum Gasteiger partial charge on any atom is 0.246 e. The molecule has 1 aliphatic carbocycles. The number of carbonyl (C=O) groups is 1. The minimum Gasteiger partial charge on any atom is -0.493 e. The van der Waals surface area contributed by atoms with Crippen LogP contribution in [0.25, 0.3) is 10.9 Å². The van der Waals surface area contributed by atoms with Gasteiger partial charge in [0.2, 0.25) is 5.91 Å². The van der Waals surface area contributed by atoms with Crippen LogP contribution in [0.5, 0.6) is 11.5 Å². The van der Waals surface area contributed by atoms with Gasteiger partial charge in [0.15, 0.2) is 17.3 Å². The van der Waals surface area contributed by atoms with Crippen molar-refractivity contribution in [2.45, 2.75) is 37.5 Å². The molecule has 2 unspecified atom stereocenters. The number of aromatic nitrogens is 2. The molecule has 2 saturated heterocycles. The Labute approximate surface area is 205 Å². The molecular formula is C24H21Cl2FN4O3. The first-order chi connectivity index (χ1) is 16.4. The fourth-order valence-corrected chi connectivity index (χ4v) is 5.04. The normalized spacial score (nSPS) is 21.1. The average Bonchev–Trinajstić information content (AvgIpc) is 2.84. The second kappa shape index (κ2) is 8.92. The van der Waals surface area contributed by atoms with Crippen molar-refractivity contribution in [1.29, 1.82) is 0 Å². The average molecular weight is 503 g/mol. The summed E-state index contributed by atoms with van der Waals surface area (Å²) in [4.78, 5) is 22.5. The minimum absolute atomic E-state index is 0.0367. The maximum atomic E-state index is 14.6. The Hall–Kier alpha value is -3.10. The summed E-state index contributed by atoms with van der Waals surface area (Å²) in [7, 11) is 1.56. The van der Waals surface area contributed by atoms with Gasteiger partial charge in [0.1, 0.15) is 18.2 Å². The molecule has 0 spiro atoms. The molecule has 1 N–H and O–H groups in total. The number of piperidine rings is 1. The highest BCUT2D eigenvalue weighted by Gasteiger charge is 2.47. The standard InChI is InChI=1S/C24H21Cl2FN4O3/c1-3-21(32)31-12-6-13(31)8-14(7-12)34-20-9-15-18(10-19(20)33-2)28-11-29-24(15)30-17-5-4-16(25)22(26)23(17)27/h3-5,9-14H,1,6-8H2,2H3,(H,28,29,30). The van der Waals surface area contributed by atoms with E-state index in [2.05, 4.69) is 21.9 Å². The molecular weight excluding hydrogens is 482 g/mol. The highest BCUT2D eigenvalue weighted by Crippen LogP contribution is 2.42. The highest BCUT2D eigenvalue weighted by molar-refractivity contribution is 6.42. The lowest BCUT2D eigenvalue weighted by Gasteiger charge is -2.54. The number of amides is 1. The predicted octanol–water partition coefficient (Wildman–Crippen LogP) is 5.52. The lowest BCUT2D eigenvalue weighted by Crippen LogP contribution is -2.64. The van der Waals surface area contributed by atoms with Crippen LogP contribution in [0.3, 0.4) is 0 Å². The third-order valence-electron chi connectivity index (χ3n) is 6.33. The molecule has 2 bridgehead atoms. The van der Waals surface area contributed by atoms with E-state index in [-0.39, 0.29) is 39.8 Å². The van der Waals surface area contributed by atoms with E-state index >= 15 is 0 Å². The third kappa shape index (κ3) is 3.91. The monoisotopic (exact) mass is 502 g/mol. The summed E-state index contributed by atoms with van der Waals surface area (Å²) in [6, 6.07) is 6.82. The smallest absolute Gasteiger partial charge is 0.246 e. The number of hydrogen-bond donors (Lipinski definition) is 1. The van der Waals surface area contributed by atoms with Crippen molar-refractivity contribution in [3.8, 4) is 11.5 Å². The molecule has 2 atom stereocenters. The van der Waals surface area contributed by atoms with Gasteiger partial charge < -0.3 is 19.7 Å². The molecule has 6 rings (SSSR count). The van der Waals surface area contributed by atoms with Crippen LogP contribution in [-0.4, -0.2) is 46.1 Å². The van der Waals surface area contributed by atoms with Gasteiger partial charge in [-0.2, -0.15) is 0 Å². The van der Waals surface area contributed by atoms with E-state index in [1.54, 1.807) is 19.2 Å². The maximum absolute atomic E-state index is 14.6. The third-order valence-corrected chi connectivity index (χ3v) is 7.11. The van der Waals surface area contributed by atoms with Crippen molar-refractivity contribution in [3.05, 3.63) is 59.1 Å². The van der Waals surface area contributed by atoms with Gasteiger partial charge in [-0.1, -0.05) is 29.8 Å². The van der Waals surface area contributed by atoms with E-state index in [1.807, 2.05) is 4.90 Å². The fraction of sp³-hybridized carbons (Fsp3) is 0.292. The number of ether oxygens (including phenoxy) is 2. The SMILES string of the molecule is C=CC(=O)N1C2CC(Oc3cc4c(Nc5ccc(Cl)c(Cl)c5F)ncnc4cc3OC)CC1C2. The van der Waals surface area contributed by atoms with Crippen LogP contribution in [0.4, 0.5) is 15.9 Å². The van der Waals surface area contributed by atoms with Gasteiger partial charge in [-0.25, -0.2) is 14.4 Å². The van der Waals surface area contributed by atoms with Crippen molar-refractivity contribution in [2.24, 2.45) is 0 Å². The molecule has 2 aromatic carbocycles. The zero-order chi connectivity index (χ0) is 24.0. The largest absolute Gasteiger partial charge is 0.493 e. The predicted molar refractivity (Wildman–Crippen MR) is 129 cm³/mol. The van der Waals surface area contributed by atoms with Gasteiger partial charge in [0.05, 0.1) is 28.4 Å². The van der Waals surface area contributed by atoms with Crippen molar-refractivity contribution in [2.75, 3.05) is 12.4 Å². The Kier molecular flexibility index (Phi) is 5.95. The molecule has 1 aromatic heterocycles. The van der Waals surface area contributed by atoms with Gasteiger partial charge in [-0.15, -0.1) is 0 Å². The van der Waals surface area contributed by atoms with E-state index in [4.69, 9.17) is 32.7 Å². The second-order valence-corrected chi connectivity index (χ2v) is 9.08. The van der Waals surface area contributed by atoms with Crippen LogP contribution in [0.2, 0.25) is 10.0 Å². The summed E-state index contributed by atoms with van der Waals surface area (Å²) in [6.45, 7) is 3.59. The van der Waals surface area contributed by atoms with E-state index in [0.717, 1.165) is 19.3 Å². The van der Waals surface area contributed by atoms with E-state index in [0.29, 0.717) is 28.2 Å². The summed E-state index contributed by atoms with van der Waals surface area (Å²) >= 11 is 11.8. The molecule has 0 radical (unpaired) electrons. The van der Waals surface area contributed by atoms with E-state index < -0.39 is 5.82 Å². The number of nitrogens with one attached hydrogen (secondary N) is 1. The first kappa shape index (κ1) is 22.7.